The zero-order valence-corrected chi connectivity index (χ0v) is 15.1. The van der Waals surface area contributed by atoms with E-state index in [0.29, 0.717) is 6.42 Å². The molecule has 0 bridgehead atoms. The number of hydrogen-bond donors (Lipinski definition) is 1. The first kappa shape index (κ1) is 19.1. The minimum atomic E-state index is 0.102. The lowest BCUT2D eigenvalue weighted by molar-refractivity contribution is -0.116. The van der Waals surface area contributed by atoms with Gasteiger partial charge in [0.05, 0.1) is 5.69 Å². The molecule has 0 aliphatic rings. The summed E-state index contributed by atoms with van der Waals surface area (Å²) in [5, 5.41) is 5.55. The molecule has 1 N–H and O–H groups in total. The van der Waals surface area contributed by atoms with E-state index in [9.17, 15) is 4.79 Å². The van der Waals surface area contributed by atoms with Crippen LogP contribution in [-0.2, 0) is 4.79 Å². The number of amides is 1. The number of nitrogens with zero attached hydrogens (tertiary/aromatic N) is 1. The highest BCUT2D eigenvalue weighted by molar-refractivity contribution is 7.13. The summed E-state index contributed by atoms with van der Waals surface area (Å²) in [6.45, 7) is 4.20. The van der Waals surface area contributed by atoms with Crippen molar-refractivity contribution >= 4 is 22.4 Å². The van der Waals surface area contributed by atoms with Crippen LogP contribution in [0.3, 0.4) is 0 Å². The molecular weight excluding hydrogens is 292 g/mol. The number of hydrogen-bond acceptors (Lipinski definition) is 3. The molecule has 0 aliphatic carbocycles. The van der Waals surface area contributed by atoms with Crippen LogP contribution < -0.4 is 5.32 Å². The third-order valence-corrected chi connectivity index (χ3v) is 4.75. The molecule has 1 amide bonds. The average molecular weight is 325 g/mol. The number of anilines is 1. The van der Waals surface area contributed by atoms with E-state index < -0.39 is 0 Å². The molecule has 0 aromatic carbocycles. The van der Waals surface area contributed by atoms with Crippen LogP contribution in [0.2, 0.25) is 0 Å². The molecule has 0 radical (unpaired) electrons. The number of nitrogens with one attached hydrogen (secondary N) is 1. The highest BCUT2D eigenvalue weighted by atomic mass is 32.1. The fourth-order valence-corrected chi connectivity index (χ4v) is 3.25. The smallest absolute Gasteiger partial charge is 0.226 e. The average Bonchev–Trinajstić information content (AvgIpc) is 2.90. The Morgan fingerprint density at radius 3 is 2.05 bits per heavy atom. The Bertz CT molecular complexity index is 404. The Balaban J connectivity index is 1.86. The minimum absolute atomic E-state index is 0.102. The maximum Gasteiger partial charge on any atom is 0.226 e. The third kappa shape index (κ3) is 9.93. The molecule has 22 heavy (non-hydrogen) atoms. The first-order chi connectivity index (χ1) is 10.7. The number of rotatable bonds is 13. The molecule has 1 aromatic rings. The van der Waals surface area contributed by atoms with E-state index in [1.165, 1.54) is 75.5 Å². The molecule has 0 atom stereocenters. The number of unbranched alkanes of at least 4 members (excludes halogenated alkanes) is 10. The van der Waals surface area contributed by atoms with Crippen molar-refractivity contribution in [2.24, 2.45) is 0 Å². The molecule has 3 nitrogen and oxygen atoms in total. The van der Waals surface area contributed by atoms with Crippen LogP contribution in [0.25, 0.3) is 0 Å². The van der Waals surface area contributed by atoms with Crippen molar-refractivity contribution in [1.29, 1.82) is 0 Å². The highest BCUT2D eigenvalue weighted by Gasteiger charge is 2.04. The Morgan fingerprint density at radius 1 is 1.00 bits per heavy atom. The lowest BCUT2D eigenvalue weighted by Crippen LogP contribution is -2.10. The van der Waals surface area contributed by atoms with Crippen LogP contribution >= 0.6 is 11.3 Å². The fraction of sp³-hybridized carbons (Fsp3) is 0.778. The summed E-state index contributed by atoms with van der Waals surface area (Å²) in [5.41, 5.74) is 0.968. The van der Waals surface area contributed by atoms with Gasteiger partial charge in [-0.2, -0.15) is 0 Å². The molecule has 0 saturated carbocycles. The first-order valence-electron chi connectivity index (χ1n) is 8.94. The summed E-state index contributed by atoms with van der Waals surface area (Å²) in [5.74, 6) is 0.102. The van der Waals surface area contributed by atoms with E-state index in [-0.39, 0.29) is 5.91 Å². The van der Waals surface area contributed by atoms with E-state index in [1.807, 2.05) is 12.3 Å². The number of thiazole rings is 1. The predicted molar refractivity (Wildman–Crippen MR) is 96.6 cm³/mol. The van der Waals surface area contributed by atoms with Gasteiger partial charge in [0.2, 0.25) is 5.91 Å². The van der Waals surface area contributed by atoms with E-state index in [0.717, 1.165) is 17.2 Å². The topological polar surface area (TPSA) is 42.0 Å². The van der Waals surface area contributed by atoms with E-state index >= 15 is 0 Å². The van der Waals surface area contributed by atoms with Gasteiger partial charge >= 0.3 is 0 Å². The zero-order valence-electron chi connectivity index (χ0n) is 14.3. The van der Waals surface area contributed by atoms with Crippen LogP contribution in [0.15, 0.2) is 5.38 Å². The van der Waals surface area contributed by atoms with Gasteiger partial charge in [0.15, 0.2) is 5.13 Å². The van der Waals surface area contributed by atoms with Crippen LogP contribution in [0, 0.1) is 6.92 Å². The van der Waals surface area contributed by atoms with Gasteiger partial charge in [0, 0.05) is 11.8 Å². The Hall–Kier alpha value is -0.900. The number of carbonyl (C=O) groups excluding carboxylic acids is 1. The standard InChI is InChI=1S/C18H32N2OS/c1-3-4-5-6-7-8-9-10-11-12-13-14-17(21)20-18-19-16(2)15-22-18/h15H,3-14H2,1-2H3,(H,19,20,21). The summed E-state index contributed by atoms with van der Waals surface area (Å²) in [4.78, 5) is 16.0. The van der Waals surface area contributed by atoms with Gasteiger partial charge in [-0.25, -0.2) is 4.98 Å². The minimum Gasteiger partial charge on any atom is -0.302 e. The molecule has 0 fully saturated rings. The van der Waals surface area contributed by atoms with Crippen LogP contribution in [0.1, 0.15) is 89.7 Å². The molecule has 4 heteroatoms. The Kier molecular flexibility index (Phi) is 11.0. The van der Waals surface area contributed by atoms with Crippen molar-refractivity contribution in [3.05, 3.63) is 11.1 Å². The van der Waals surface area contributed by atoms with Crippen LogP contribution in [0.4, 0.5) is 5.13 Å². The van der Waals surface area contributed by atoms with Gasteiger partial charge in [0.1, 0.15) is 0 Å². The lowest BCUT2D eigenvalue weighted by Gasteiger charge is -2.03. The summed E-state index contributed by atoms with van der Waals surface area (Å²) >= 11 is 1.49. The SMILES string of the molecule is CCCCCCCCCCCCCC(=O)Nc1nc(C)cs1. The summed E-state index contributed by atoms with van der Waals surface area (Å²) in [7, 11) is 0. The Labute approximate surface area is 139 Å². The molecule has 1 aromatic heterocycles. The summed E-state index contributed by atoms with van der Waals surface area (Å²) < 4.78 is 0. The van der Waals surface area contributed by atoms with Gasteiger partial charge < -0.3 is 5.32 Å². The van der Waals surface area contributed by atoms with Crippen LogP contribution in [-0.4, -0.2) is 10.9 Å². The largest absolute Gasteiger partial charge is 0.302 e. The molecule has 126 valence electrons. The zero-order chi connectivity index (χ0) is 16.0. The molecule has 0 aliphatic heterocycles. The third-order valence-electron chi connectivity index (χ3n) is 3.87. The van der Waals surface area contributed by atoms with Gasteiger partial charge in [-0.05, 0) is 13.3 Å². The van der Waals surface area contributed by atoms with Gasteiger partial charge in [-0.3, -0.25) is 4.79 Å². The van der Waals surface area contributed by atoms with Crippen LogP contribution in [0.5, 0.6) is 0 Å². The van der Waals surface area contributed by atoms with Crippen molar-refractivity contribution in [1.82, 2.24) is 4.98 Å². The summed E-state index contributed by atoms with van der Waals surface area (Å²) in [6, 6.07) is 0. The predicted octanol–water partition coefficient (Wildman–Crippen LogP) is 6.09. The van der Waals surface area contributed by atoms with Gasteiger partial charge in [0.25, 0.3) is 0 Å². The molecule has 0 unspecified atom stereocenters. The van der Waals surface area contributed by atoms with Crippen molar-refractivity contribution < 1.29 is 4.79 Å². The quantitative estimate of drug-likeness (QED) is 0.446. The first-order valence-corrected chi connectivity index (χ1v) is 9.82. The van der Waals surface area contributed by atoms with E-state index in [2.05, 4.69) is 17.2 Å². The maximum absolute atomic E-state index is 11.7. The highest BCUT2D eigenvalue weighted by Crippen LogP contribution is 2.15. The molecule has 0 spiro atoms. The second-order valence-electron chi connectivity index (χ2n) is 6.13. The van der Waals surface area contributed by atoms with Gasteiger partial charge in [-0.15, -0.1) is 11.3 Å². The monoisotopic (exact) mass is 324 g/mol. The molecule has 1 heterocycles. The molecule has 0 saturated heterocycles. The van der Waals surface area contributed by atoms with Crippen molar-refractivity contribution in [3.8, 4) is 0 Å². The summed E-state index contributed by atoms with van der Waals surface area (Å²) in [6.07, 6.45) is 15.0. The second kappa shape index (κ2) is 12.6. The van der Waals surface area contributed by atoms with Crippen molar-refractivity contribution in [2.45, 2.75) is 90.9 Å². The number of carbonyl (C=O) groups is 1. The second-order valence-corrected chi connectivity index (χ2v) is 6.99. The van der Waals surface area contributed by atoms with E-state index in [1.54, 1.807) is 0 Å². The number of aromatic nitrogens is 1. The van der Waals surface area contributed by atoms with Crippen molar-refractivity contribution in [3.63, 3.8) is 0 Å². The van der Waals surface area contributed by atoms with E-state index in [4.69, 9.17) is 0 Å². The molecule has 1 rings (SSSR count). The fourth-order valence-electron chi connectivity index (χ4n) is 2.54. The lowest BCUT2D eigenvalue weighted by atomic mass is 10.1. The normalized spacial score (nSPS) is 10.8. The Morgan fingerprint density at radius 2 is 1.55 bits per heavy atom. The molecular formula is C18H32N2OS. The van der Waals surface area contributed by atoms with Gasteiger partial charge in [-0.1, -0.05) is 71.1 Å². The number of aryl methyl sites for hydroxylation is 1. The van der Waals surface area contributed by atoms with Crippen molar-refractivity contribution in [2.75, 3.05) is 5.32 Å². The maximum atomic E-state index is 11.7.